The Kier molecular flexibility index (Phi) is 7.38. The van der Waals surface area contributed by atoms with Gasteiger partial charge in [-0.15, -0.1) is 0 Å². The lowest BCUT2D eigenvalue weighted by Crippen LogP contribution is -2.49. The second kappa shape index (κ2) is 10.6. The monoisotopic (exact) mass is 477 g/mol. The molecule has 2 amide bonds. The van der Waals surface area contributed by atoms with Crippen LogP contribution in [0.5, 0.6) is 5.75 Å². The lowest BCUT2D eigenvalue weighted by molar-refractivity contribution is -0.118. The van der Waals surface area contributed by atoms with E-state index < -0.39 is 0 Å². The van der Waals surface area contributed by atoms with E-state index >= 15 is 0 Å². The van der Waals surface area contributed by atoms with Gasteiger partial charge in [0.1, 0.15) is 5.75 Å². The van der Waals surface area contributed by atoms with Gasteiger partial charge in [-0.25, -0.2) is 0 Å². The van der Waals surface area contributed by atoms with Crippen LogP contribution in [-0.4, -0.2) is 49.5 Å². The van der Waals surface area contributed by atoms with E-state index in [0.717, 1.165) is 22.4 Å². The van der Waals surface area contributed by atoms with E-state index in [1.165, 1.54) is 0 Å². The molecule has 1 N–H and O–H groups in total. The van der Waals surface area contributed by atoms with Crippen molar-refractivity contribution in [3.8, 4) is 5.75 Å². The SMILES string of the molecule is Cc1cccc(OCC(=O)Nc2ccc(N3CCN(C(=O)c4ccccc4C)CC3)c(Cl)c2)c1. The van der Waals surface area contributed by atoms with Crippen molar-refractivity contribution < 1.29 is 14.3 Å². The van der Waals surface area contributed by atoms with E-state index in [9.17, 15) is 9.59 Å². The Morgan fingerprint density at radius 1 is 0.941 bits per heavy atom. The van der Waals surface area contributed by atoms with E-state index in [2.05, 4.69) is 10.2 Å². The summed E-state index contributed by atoms with van der Waals surface area (Å²) in [7, 11) is 0. The molecular weight excluding hydrogens is 450 g/mol. The molecule has 0 atom stereocenters. The van der Waals surface area contributed by atoms with Crippen LogP contribution in [0, 0.1) is 13.8 Å². The molecule has 1 fully saturated rings. The number of halogens is 1. The van der Waals surface area contributed by atoms with Crippen LogP contribution in [-0.2, 0) is 4.79 Å². The summed E-state index contributed by atoms with van der Waals surface area (Å²) in [5.74, 6) is 0.465. The van der Waals surface area contributed by atoms with Crippen LogP contribution in [0.25, 0.3) is 0 Å². The number of nitrogens with zero attached hydrogens (tertiary/aromatic N) is 2. The summed E-state index contributed by atoms with van der Waals surface area (Å²) in [6.45, 7) is 6.47. The largest absolute Gasteiger partial charge is 0.484 e. The maximum absolute atomic E-state index is 12.9. The fourth-order valence-corrected chi connectivity index (χ4v) is 4.33. The molecule has 0 spiro atoms. The maximum atomic E-state index is 12.9. The molecule has 4 rings (SSSR count). The van der Waals surface area contributed by atoms with Crippen LogP contribution in [0.1, 0.15) is 21.5 Å². The predicted molar refractivity (Wildman–Crippen MR) is 136 cm³/mol. The smallest absolute Gasteiger partial charge is 0.262 e. The first-order valence-electron chi connectivity index (χ1n) is 11.3. The molecule has 1 saturated heterocycles. The zero-order chi connectivity index (χ0) is 24.1. The van der Waals surface area contributed by atoms with E-state index in [-0.39, 0.29) is 18.4 Å². The number of rotatable bonds is 6. The van der Waals surface area contributed by atoms with E-state index in [0.29, 0.717) is 42.6 Å². The lowest BCUT2D eigenvalue weighted by atomic mass is 10.1. The van der Waals surface area contributed by atoms with Gasteiger partial charge in [-0.05, 0) is 61.4 Å². The molecule has 1 aliphatic heterocycles. The molecule has 3 aromatic rings. The van der Waals surface area contributed by atoms with Crippen LogP contribution >= 0.6 is 11.6 Å². The molecule has 34 heavy (non-hydrogen) atoms. The van der Waals surface area contributed by atoms with E-state index in [4.69, 9.17) is 16.3 Å². The molecule has 0 unspecified atom stereocenters. The first-order valence-corrected chi connectivity index (χ1v) is 11.7. The van der Waals surface area contributed by atoms with Gasteiger partial charge in [-0.1, -0.05) is 41.9 Å². The Balaban J connectivity index is 1.31. The predicted octanol–water partition coefficient (Wildman–Crippen LogP) is 4.94. The Labute approximate surface area is 205 Å². The van der Waals surface area contributed by atoms with Crippen molar-refractivity contribution >= 4 is 34.8 Å². The first-order chi connectivity index (χ1) is 16.4. The lowest BCUT2D eigenvalue weighted by Gasteiger charge is -2.36. The Bertz CT molecular complexity index is 1190. The third kappa shape index (κ3) is 5.69. The number of hydrogen-bond acceptors (Lipinski definition) is 4. The molecule has 0 aromatic heterocycles. The van der Waals surface area contributed by atoms with Crippen molar-refractivity contribution in [2.24, 2.45) is 0 Å². The summed E-state index contributed by atoms with van der Waals surface area (Å²) in [6.07, 6.45) is 0. The second-order valence-electron chi connectivity index (χ2n) is 8.41. The minimum atomic E-state index is -0.256. The van der Waals surface area contributed by atoms with Crippen molar-refractivity contribution in [1.82, 2.24) is 4.90 Å². The maximum Gasteiger partial charge on any atom is 0.262 e. The average molecular weight is 478 g/mol. The number of benzene rings is 3. The highest BCUT2D eigenvalue weighted by Crippen LogP contribution is 2.30. The molecule has 7 heteroatoms. The molecule has 0 aliphatic carbocycles. The molecule has 176 valence electrons. The van der Waals surface area contributed by atoms with Gasteiger partial charge in [0, 0.05) is 37.4 Å². The zero-order valence-corrected chi connectivity index (χ0v) is 20.1. The molecular formula is C27H28ClN3O3. The molecule has 1 aliphatic rings. The third-order valence-corrected chi connectivity index (χ3v) is 6.18. The average Bonchev–Trinajstić information content (AvgIpc) is 2.83. The van der Waals surface area contributed by atoms with Gasteiger partial charge in [0.25, 0.3) is 11.8 Å². The minimum absolute atomic E-state index is 0.0646. The summed E-state index contributed by atoms with van der Waals surface area (Å²) < 4.78 is 5.55. The minimum Gasteiger partial charge on any atom is -0.484 e. The molecule has 0 saturated carbocycles. The number of anilines is 2. The number of hydrogen-bond donors (Lipinski definition) is 1. The Hall–Kier alpha value is -3.51. The van der Waals surface area contributed by atoms with Gasteiger partial charge in [0.15, 0.2) is 6.61 Å². The number of amides is 2. The van der Waals surface area contributed by atoms with Crippen LogP contribution in [0.4, 0.5) is 11.4 Å². The summed E-state index contributed by atoms with van der Waals surface area (Å²) in [5, 5.41) is 3.38. The van der Waals surface area contributed by atoms with Gasteiger partial charge in [-0.3, -0.25) is 9.59 Å². The van der Waals surface area contributed by atoms with Crippen LogP contribution in [0.15, 0.2) is 66.7 Å². The quantitative estimate of drug-likeness (QED) is 0.546. The number of aryl methyl sites for hydroxylation is 2. The Morgan fingerprint density at radius 3 is 2.41 bits per heavy atom. The second-order valence-corrected chi connectivity index (χ2v) is 8.82. The fraction of sp³-hybridized carbons (Fsp3) is 0.259. The van der Waals surface area contributed by atoms with Crippen molar-refractivity contribution in [3.05, 3.63) is 88.4 Å². The topological polar surface area (TPSA) is 61.9 Å². The standard InChI is InChI=1S/C27H28ClN3O3/c1-19-6-5-8-22(16-19)34-18-26(32)29-21-10-11-25(24(28)17-21)30-12-14-31(15-13-30)27(33)23-9-4-3-7-20(23)2/h3-11,16-17H,12-15,18H2,1-2H3,(H,29,32). The number of ether oxygens (including phenoxy) is 1. The van der Waals surface area contributed by atoms with Crippen molar-refractivity contribution in [2.45, 2.75) is 13.8 Å². The normalized spacial score (nSPS) is 13.5. The summed E-state index contributed by atoms with van der Waals surface area (Å²) >= 11 is 6.55. The van der Waals surface area contributed by atoms with Crippen LogP contribution < -0.4 is 15.0 Å². The molecule has 0 radical (unpaired) electrons. The van der Waals surface area contributed by atoms with E-state index in [1.807, 2.05) is 79.4 Å². The van der Waals surface area contributed by atoms with Crippen molar-refractivity contribution in [1.29, 1.82) is 0 Å². The highest BCUT2D eigenvalue weighted by Gasteiger charge is 2.24. The molecule has 0 bridgehead atoms. The zero-order valence-electron chi connectivity index (χ0n) is 19.4. The summed E-state index contributed by atoms with van der Waals surface area (Å²) in [6, 6.07) is 20.7. The molecule has 1 heterocycles. The number of piperazine rings is 1. The van der Waals surface area contributed by atoms with Gasteiger partial charge in [0.2, 0.25) is 0 Å². The van der Waals surface area contributed by atoms with Crippen LogP contribution in [0.3, 0.4) is 0 Å². The van der Waals surface area contributed by atoms with Gasteiger partial charge >= 0.3 is 0 Å². The Morgan fingerprint density at radius 2 is 1.71 bits per heavy atom. The summed E-state index contributed by atoms with van der Waals surface area (Å²) in [4.78, 5) is 29.2. The van der Waals surface area contributed by atoms with Gasteiger partial charge in [-0.2, -0.15) is 0 Å². The summed E-state index contributed by atoms with van der Waals surface area (Å²) in [5.41, 5.74) is 4.31. The number of carbonyl (C=O) groups excluding carboxylic acids is 2. The van der Waals surface area contributed by atoms with E-state index in [1.54, 1.807) is 6.07 Å². The first kappa shape index (κ1) is 23.6. The third-order valence-electron chi connectivity index (χ3n) is 5.87. The molecule has 6 nitrogen and oxygen atoms in total. The number of nitrogens with one attached hydrogen (secondary N) is 1. The highest BCUT2D eigenvalue weighted by atomic mass is 35.5. The highest BCUT2D eigenvalue weighted by molar-refractivity contribution is 6.33. The molecule has 3 aromatic carbocycles. The van der Waals surface area contributed by atoms with Gasteiger partial charge in [0.05, 0.1) is 10.7 Å². The van der Waals surface area contributed by atoms with Crippen molar-refractivity contribution in [3.63, 3.8) is 0 Å². The van der Waals surface area contributed by atoms with Crippen molar-refractivity contribution in [2.75, 3.05) is 43.0 Å². The van der Waals surface area contributed by atoms with Crippen LogP contribution in [0.2, 0.25) is 5.02 Å². The number of carbonyl (C=O) groups is 2. The van der Waals surface area contributed by atoms with Gasteiger partial charge < -0.3 is 19.9 Å². The fourth-order valence-electron chi connectivity index (χ4n) is 4.03.